The molecule has 1 heterocycles. The summed E-state index contributed by atoms with van der Waals surface area (Å²) >= 11 is 0. The van der Waals surface area contributed by atoms with Crippen LogP contribution in [0.3, 0.4) is 0 Å². The molecule has 1 aliphatic heterocycles. The number of rotatable bonds is 1. The fourth-order valence-corrected chi connectivity index (χ4v) is 1.45. The van der Waals surface area contributed by atoms with Gasteiger partial charge in [-0.1, -0.05) is 48.0 Å². The summed E-state index contributed by atoms with van der Waals surface area (Å²) in [5.41, 5.74) is 0. The van der Waals surface area contributed by atoms with Gasteiger partial charge in [-0.05, 0) is 25.3 Å². The zero-order valence-electron chi connectivity index (χ0n) is 10.5. The van der Waals surface area contributed by atoms with E-state index in [0.29, 0.717) is 0 Å². The van der Waals surface area contributed by atoms with Gasteiger partial charge in [-0.15, -0.1) is 0 Å². The molecule has 0 spiro atoms. The van der Waals surface area contributed by atoms with Gasteiger partial charge in [0, 0.05) is 6.04 Å². The van der Waals surface area contributed by atoms with E-state index in [4.69, 9.17) is 0 Å². The summed E-state index contributed by atoms with van der Waals surface area (Å²) in [6.45, 7) is 13.8. The minimum Gasteiger partial charge on any atom is -0.314 e. The van der Waals surface area contributed by atoms with Crippen LogP contribution in [-0.4, -0.2) is 12.6 Å². The van der Waals surface area contributed by atoms with Crippen LogP contribution in [0.1, 0.15) is 60.8 Å². The molecule has 1 nitrogen and oxygen atoms in total. The lowest BCUT2D eigenvalue weighted by molar-refractivity contribution is 0.326. The predicted octanol–water partition coefficient (Wildman–Crippen LogP) is 3.84. The molecule has 1 saturated heterocycles. The van der Waals surface area contributed by atoms with Crippen LogP contribution < -0.4 is 5.32 Å². The van der Waals surface area contributed by atoms with E-state index in [1.807, 2.05) is 27.7 Å². The third-order valence-corrected chi connectivity index (χ3v) is 2.15. The zero-order valence-corrected chi connectivity index (χ0v) is 10.5. The Hall–Kier alpha value is -0.0400. The van der Waals surface area contributed by atoms with E-state index in [2.05, 4.69) is 19.2 Å². The first-order valence-electron chi connectivity index (χ1n) is 6.04. The molecule has 1 unspecified atom stereocenters. The van der Waals surface area contributed by atoms with Crippen molar-refractivity contribution in [2.75, 3.05) is 6.54 Å². The van der Waals surface area contributed by atoms with Crippen molar-refractivity contribution in [3.63, 3.8) is 0 Å². The third kappa shape index (κ3) is 8.29. The summed E-state index contributed by atoms with van der Waals surface area (Å²) in [6, 6.07) is 0.804. The lowest BCUT2D eigenvalue weighted by atomic mass is 9.95. The highest BCUT2D eigenvalue weighted by Crippen LogP contribution is 2.13. The number of hydrogen-bond acceptors (Lipinski definition) is 1. The van der Waals surface area contributed by atoms with Crippen LogP contribution in [0.4, 0.5) is 0 Å². The van der Waals surface area contributed by atoms with E-state index in [0.717, 1.165) is 12.0 Å². The molecule has 0 amide bonds. The van der Waals surface area contributed by atoms with E-state index >= 15 is 0 Å². The van der Waals surface area contributed by atoms with Gasteiger partial charge in [0.25, 0.3) is 0 Å². The normalized spacial score (nSPS) is 21.0. The lowest BCUT2D eigenvalue weighted by Crippen LogP contribution is -2.37. The van der Waals surface area contributed by atoms with Crippen LogP contribution in [0.2, 0.25) is 0 Å². The van der Waals surface area contributed by atoms with Crippen molar-refractivity contribution in [1.29, 1.82) is 0 Å². The SMILES string of the molecule is CC.CC.CC(C)C1CCCCN1. The van der Waals surface area contributed by atoms with Crippen LogP contribution in [0.25, 0.3) is 0 Å². The topological polar surface area (TPSA) is 12.0 Å². The average molecular weight is 187 g/mol. The first-order chi connectivity index (χ1) is 6.30. The van der Waals surface area contributed by atoms with Gasteiger partial charge in [0.05, 0.1) is 0 Å². The molecule has 1 heteroatoms. The van der Waals surface area contributed by atoms with Gasteiger partial charge in [0.15, 0.2) is 0 Å². The Kier molecular flexibility index (Phi) is 14.2. The van der Waals surface area contributed by atoms with Gasteiger partial charge >= 0.3 is 0 Å². The molecule has 13 heavy (non-hydrogen) atoms. The minimum absolute atomic E-state index is 0.804. The molecule has 0 aromatic carbocycles. The maximum atomic E-state index is 3.52. The Balaban J connectivity index is 0. The monoisotopic (exact) mass is 187 g/mol. The fourth-order valence-electron chi connectivity index (χ4n) is 1.45. The standard InChI is InChI=1S/C8H17N.2C2H6/c1-7(2)8-5-3-4-6-9-8;2*1-2/h7-9H,3-6H2,1-2H3;2*1-2H3. The van der Waals surface area contributed by atoms with Crippen molar-refractivity contribution in [3.8, 4) is 0 Å². The molecule has 0 aromatic rings. The molecule has 0 bridgehead atoms. The van der Waals surface area contributed by atoms with Crippen molar-refractivity contribution >= 4 is 0 Å². The highest BCUT2D eigenvalue weighted by atomic mass is 14.9. The highest BCUT2D eigenvalue weighted by molar-refractivity contribution is 4.74. The molecule has 1 aliphatic rings. The molecule has 1 rings (SSSR count). The Morgan fingerprint density at radius 3 is 1.77 bits per heavy atom. The molecular weight excluding hydrogens is 158 g/mol. The smallest absolute Gasteiger partial charge is 0.00900 e. The van der Waals surface area contributed by atoms with Gasteiger partial charge in [0.2, 0.25) is 0 Å². The van der Waals surface area contributed by atoms with E-state index in [9.17, 15) is 0 Å². The second kappa shape index (κ2) is 12.0. The molecular formula is C12H29N. The number of piperidine rings is 1. The lowest BCUT2D eigenvalue weighted by Gasteiger charge is -2.26. The van der Waals surface area contributed by atoms with Gasteiger partial charge in [-0.3, -0.25) is 0 Å². The highest BCUT2D eigenvalue weighted by Gasteiger charge is 2.14. The van der Waals surface area contributed by atoms with Crippen molar-refractivity contribution in [2.24, 2.45) is 5.92 Å². The van der Waals surface area contributed by atoms with Gasteiger partial charge in [-0.2, -0.15) is 0 Å². The largest absolute Gasteiger partial charge is 0.314 e. The predicted molar refractivity (Wildman–Crippen MR) is 63.2 cm³/mol. The Morgan fingerprint density at radius 1 is 1.00 bits per heavy atom. The van der Waals surface area contributed by atoms with Crippen molar-refractivity contribution < 1.29 is 0 Å². The Bertz CT molecular complexity index is 73.2. The van der Waals surface area contributed by atoms with Crippen LogP contribution in [0.15, 0.2) is 0 Å². The Morgan fingerprint density at radius 2 is 1.54 bits per heavy atom. The summed E-state index contributed by atoms with van der Waals surface area (Å²) in [4.78, 5) is 0. The molecule has 0 aromatic heterocycles. The number of nitrogens with one attached hydrogen (secondary N) is 1. The van der Waals surface area contributed by atoms with Crippen molar-refractivity contribution in [2.45, 2.75) is 66.8 Å². The van der Waals surface area contributed by atoms with E-state index in [1.54, 1.807) is 0 Å². The van der Waals surface area contributed by atoms with Crippen molar-refractivity contribution in [3.05, 3.63) is 0 Å². The summed E-state index contributed by atoms with van der Waals surface area (Å²) in [5, 5.41) is 3.52. The molecule has 0 aliphatic carbocycles. The molecule has 0 radical (unpaired) electrons. The first-order valence-corrected chi connectivity index (χ1v) is 6.04. The summed E-state index contributed by atoms with van der Waals surface area (Å²) in [5.74, 6) is 0.824. The van der Waals surface area contributed by atoms with E-state index < -0.39 is 0 Å². The summed E-state index contributed by atoms with van der Waals surface area (Å²) in [7, 11) is 0. The molecule has 1 N–H and O–H groups in total. The van der Waals surface area contributed by atoms with Gasteiger partial charge in [0.1, 0.15) is 0 Å². The molecule has 1 atom stereocenters. The molecule has 1 fully saturated rings. The van der Waals surface area contributed by atoms with Crippen LogP contribution in [0, 0.1) is 5.92 Å². The summed E-state index contributed by atoms with van der Waals surface area (Å²) in [6.07, 6.45) is 4.19. The zero-order chi connectivity index (χ0) is 10.7. The maximum Gasteiger partial charge on any atom is 0.00900 e. The van der Waals surface area contributed by atoms with Crippen LogP contribution >= 0.6 is 0 Å². The van der Waals surface area contributed by atoms with E-state index in [1.165, 1.54) is 25.8 Å². The first kappa shape index (κ1) is 15.4. The van der Waals surface area contributed by atoms with Crippen LogP contribution in [0.5, 0.6) is 0 Å². The second-order valence-corrected chi connectivity index (χ2v) is 3.30. The van der Waals surface area contributed by atoms with Crippen molar-refractivity contribution in [1.82, 2.24) is 5.32 Å². The summed E-state index contributed by atoms with van der Waals surface area (Å²) < 4.78 is 0. The van der Waals surface area contributed by atoms with Gasteiger partial charge < -0.3 is 5.32 Å². The second-order valence-electron chi connectivity index (χ2n) is 3.30. The van der Waals surface area contributed by atoms with Crippen LogP contribution in [-0.2, 0) is 0 Å². The Labute approximate surface area is 85.3 Å². The maximum absolute atomic E-state index is 3.52. The fraction of sp³-hybridized carbons (Fsp3) is 1.00. The molecule has 0 saturated carbocycles. The quantitative estimate of drug-likeness (QED) is 0.658. The van der Waals surface area contributed by atoms with Gasteiger partial charge in [-0.25, -0.2) is 0 Å². The minimum atomic E-state index is 0.804. The molecule has 82 valence electrons. The van der Waals surface area contributed by atoms with E-state index in [-0.39, 0.29) is 0 Å². The third-order valence-electron chi connectivity index (χ3n) is 2.15. The average Bonchev–Trinajstić information content (AvgIpc) is 2.25. The number of hydrogen-bond donors (Lipinski definition) is 1.